The van der Waals surface area contributed by atoms with E-state index in [1.165, 1.54) is 26.4 Å². The normalized spacial score (nSPS) is 11.9. The van der Waals surface area contributed by atoms with Crippen LogP contribution in [0.3, 0.4) is 0 Å². The Kier molecular flexibility index (Phi) is 4.88. The van der Waals surface area contributed by atoms with Crippen molar-refractivity contribution in [1.82, 2.24) is 24.2 Å². The third-order valence-electron chi connectivity index (χ3n) is 4.57. The minimum absolute atomic E-state index is 0.113. The molecule has 0 radical (unpaired) electrons. The SMILES string of the molecule is CN(C)S(=O)(=O)c1cc(-c2ccc3ncc(F)c(-c4ccncc4)c3n2)cnc1N. The van der Waals surface area contributed by atoms with Gasteiger partial charge in [0.1, 0.15) is 16.2 Å². The van der Waals surface area contributed by atoms with Gasteiger partial charge in [0.15, 0.2) is 5.82 Å². The molecule has 0 aliphatic heterocycles. The Morgan fingerprint density at radius 3 is 2.43 bits per heavy atom. The van der Waals surface area contributed by atoms with E-state index in [0.29, 0.717) is 27.9 Å². The number of pyridine rings is 4. The van der Waals surface area contributed by atoms with Crippen LogP contribution in [-0.4, -0.2) is 46.8 Å². The molecular weight excluding hydrogens is 407 g/mol. The predicted octanol–water partition coefficient (Wildman–Crippen LogP) is 2.73. The summed E-state index contributed by atoms with van der Waals surface area (Å²) in [5.74, 6) is -0.636. The lowest BCUT2D eigenvalue weighted by Crippen LogP contribution is -2.23. The second-order valence-corrected chi connectivity index (χ2v) is 8.80. The lowest BCUT2D eigenvalue weighted by atomic mass is 10.0. The van der Waals surface area contributed by atoms with Crippen LogP contribution in [0.1, 0.15) is 0 Å². The molecule has 0 aliphatic rings. The fourth-order valence-electron chi connectivity index (χ4n) is 3.00. The average Bonchev–Trinajstić information content (AvgIpc) is 2.74. The molecule has 0 aromatic carbocycles. The van der Waals surface area contributed by atoms with Crippen molar-refractivity contribution < 1.29 is 12.8 Å². The van der Waals surface area contributed by atoms with Gasteiger partial charge in [-0.15, -0.1) is 0 Å². The molecule has 0 atom stereocenters. The maximum Gasteiger partial charge on any atom is 0.246 e. The largest absolute Gasteiger partial charge is 0.383 e. The van der Waals surface area contributed by atoms with E-state index in [1.807, 2.05) is 0 Å². The first-order chi connectivity index (χ1) is 14.3. The summed E-state index contributed by atoms with van der Waals surface area (Å²) in [6, 6.07) is 8.13. The summed E-state index contributed by atoms with van der Waals surface area (Å²) in [5, 5.41) is 0. The molecule has 8 nitrogen and oxygen atoms in total. The molecule has 30 heavy (non-hydrogen) atoms. The molecule has 0 bridgehead atoms. The van der Waals surface area contributed by atoms with Gasteiger partial charge in [-0.3, -0.25) is 9.97 Å². The molecule has 152 valence electrons. The van der Waals surface area contributed by atoms with E-state index in [1.54, 1.807) is 36.7 Å². The topological polar surface area (TPSA) is 115 Å². The summed E-state index contributed by atoms with van der Waals surface area (Å²) in [6.45, 7) is 0. The first kappa shape index (κ1) is 19.8. The number of halogens is 1. The molecule has 2 N–H and O–H groups in total. The zero-order chi connectivity index (χ0) is 21.5. The van der Waals surface area contributed by atoms with Gasteiger partial charge in [0.05, 0.1) is 17.4 Å². The number of anilines is 1. The van der Waals surface area contributed by atoms with Crippen molar-refractivity contribution in [3.63, 3.8) is 0 Å². The fourth-order valence-corrected chi connectivity index (χ4v) is 3.98. The second kappa shape index (κ2) is 7.39. The summed E-state index contributed by atoms with van der Waals surface area (Å²) in [7, 11) is -0.984. The Balaban J connectivity index is 1.94. The molecule has 4 rings (SSSR count). The number of aromatic nitrogens is 4. The predicted molar refractivity (Wildman–Crippen MR) is 111 cm³/mol. The van der Waals surface area contributed by atoms with Crippen LogP contribution in [-0.2, 0) is 10.0 Å². The zero-order valence-corrected chi connectivity index (χ0v) is 16.9. The van der Waals surface area contributed by atoms with E-state index < -0.39 is 15.8 Å². The Labute approximate surface area is 172 Å². The maximum atomic E-state index is 14.7. The quantitative estimate of drug-likeness (QED) is 0.536. The van der Waals surface area contributed by atoms with Crippen molar-refractivity contribution in [3.8, 4) is 22.4 Å². The molecule has 0 saturated carbocycles. The van der Waals surface area contributed by atoms with Gasteiger partial charge in [0, 0.05) is 43.8 Å². The lowest BCUT2D eigenvalue weighted by molar-refractivity contribution is 0.521. The van der Waals surface area contributed by atoms with E-state index in [0.717, 1.165) is 10.5 Å². The fraction of sp³-hybridized carbons (Fsp3) is 0.100. The first-order valence-corrected chi connectivity index (χ1v) is 10.3. The van der Waals surface area contributed by atoms with E-state index in [9.17, 15) is 12.8 Å². The third-order valence-corrected chi connectivity index (χ3v) is 6.42. The highest BCUT2D eigenvalue weighted by Gasteiger charge is 2.22. The van der Waals surface area contributed by atoms with Crippen molar-refractivity contribution in [3.05, 3.63) is 60.9 Å². The van der Waals surface area contributed by atoms with E-state index >= 15 is 0 Å². The van der Waals surface area contributed by atoms with Crippen LogP contribution in [0.5, 0.6) is 0 Å². The van der Waals surface area contributed by atoms with Gasteiger partial charge in [-0.05, 0) is 35.9 Å². The Morgan fingerprint density at radius 2 is 1.73 bits per heavy atom. The molecule has 4 heterocycles. The molecule has 10 heteroatoms. The van der Waals surface area contributed by atoms with Gasteiger partial charge in [0.25, 0.3) is 0 Å². The van der Waals surface area contributed by atoms with Gasteiger partial charge >= 0.3 is 0 Å². The molecule has 0 saturated heterocycles. The van der Waals surface area contributed by atoms with Crippen LogP contribution >= 0.6 is 0 Å². The van der Waals surface area contributed by atoms with Crippen LogP contribution in [0.4, 0.5) is 10.2 Å². The Bertz CT molecular complexity index is 1360. The average molecular weight is 424 g/mol. The first-order valence-electron chi connectivity index (χ1n) is 8.83. The number of hydrogen-bond donors (Lipinski definition) is 1. The number of sulfonamides is 1. The molecule has 0 spiro atoms. The Morgan fingerprint density at radius 1 is 1.00 bits per heavy atom. The third kappa shape index (κ3) is 3.36. The smallest absolute Gasteiger partial charge is 0.246 e. The summed E-state index contributed by atoms with van der Waals surface area (Å²) in [6.07, 6.45) is 5.70. The van der Waals surface area contributed by atoms with Crippen LogP contribution in [0.25, 0.3) is 33.4 Å². The standard InChI is InChI=1S/C20H17FN6O2S/c1-27(2)30(28,29)17-9-13(10-25-20(17)22)15-3-4-16-19(26-15)18(14(21)11-24-16)12-5-7-23-8-6-12/h3-11H,1-2H3,(H2,22,25). The van der Waals surface area contributed by atoms with Gasteiger partial charge in [0.2, 0.25) is 10.0 Å². The molecular formula is C20H17FN6O2S. The second-order valence-electron chi connectivity index (χ2n) is 6.68. The van der Waals surface area contributed by atoms with Crippen molar-refractivity contribution in [2.45, 2.75) is 4.90 Å². The van der Waals surface area contributed by atoms with Crippen molar-refractivity contribution >= 4 is 26.9 Å². The van der Waals surface area contributed by atoms with Gasteiger partial charge < -0.3 is 5.73 Å². The molecule has 0 amide bonds. The van der Waals surface area contributed by atoms with Crippen LogP contribution in [0.2, 0.25) is 0 Å². The number of hydrogen-bond acceptors (Lipinski definition) is 7. The van der Waals surface area contributed by atoms with Gasteiger partial charge in [-0.1, -0.05) is 0 Å². The van der Waals surface area contributed by atoms with Crippen LogP contribution in [0.15, 0.2) is 60.0 Å². The number of nitrogens with two attached hydrogens (primary N) is 1. The van der Waals surface area contributed by atoms with Crippen LogP contribution < -0.4 is 5.73 Å². The molecule has 0 fully saturated rings. The number of nitrogens with zero attached hydrogens (tertiary/aromatic N) is 5. The van der Waals surface area contributed by atoms with Crippen molar-refractivity contribution in [1.29, 1.82) is 0 Å². The highest BCUT2D eigenvalue weighted by molar-refractivity contribution is 7.89. The minimum Gasteiger partial charge on any atom is -0.383 e. The molecule has 4 aromatic heterocycles. The molecule has 0 aliphatic carbocycles. The minimum atomic E-state index is -3.80. The highest BCUT2D eigenvalue weighted by Crippen LogP contribution is 2.31. The maximum absolute atomic E-state index is 14.7. The zero-order valence-electron chi connectivity index (χ0n) is 16.1. The number of nitrogen functional groups attached to an aromatic ring is 1. The summed E-state index contributed by atoms with van der Waals surface area (Å²) in [5.41, 5.74) is 8.36. The molecule has 0 unspecified atom stereocenters. The lowest BCUT2D eigenvalue weighted by Gasteiger charge is -2.14. The summed E-state index contributed by atoms with van der Waals surface area (Å²) in [4.78, 5) is 16.5. The highest BCUT2D eigenvalue weighted by atomic mass is 32.2. The van der Waals surface area contributed by atoms with E-state index in [2.05, 4.69) is 19.9 Å². The van der Waals surface area contributed by atoms with Crippen LogP contribution in [0, 0.1) is 5.82 Å². The van der Waals surface area contributed by atoms with Gasteiger partial charge in [-0.2, -0.15) is 0 Å². The van der Waals surface area contributed by atoms with E-state index in [-0.39, 0.29) is 16.3 Å². The van der Waals surface area contributed by atoms with Crippen molar-refractivity contribution in [2.24, 2.45) is 0 Å². The monoisotopic (exact) mass is 424 g/mol. The molecule has 4 aromatic rings. The summed E-state index contributed by atoms with van der Waals surface area (Å²) >= 11 is 0. The Hall–Kier alpha value is -3.50. The number of rotatable bonds is 4. The number of fused-ring (bicyclic) bond motifs is 1. The summed E-state index contributed by atoms with van der Waals surface area (Å²) < 4.78 is 40.8. The van der Waals surface area contributed by atoms with E-state index in [4.69, 9.17) is 5.73 Å². The van der Waals surface area contributed by atoms with Crippen molar-refractivity contribution in [2.75, 3.05) is 19.8 Å². The van der Waals surface area contributed by atoms with Gasteiger partial charge in [-0.25, -0.2) is 27.1 Å².